The first-order valence-corrected chi connectivity index (χ1v) is 7.20. The van der Waals surface area contributed by atoms with Gasteiger partial charge in [-0.25, -0.2) is 0 Å². The molecule has 2 N–H and O–H groups in total. The molecule has 2 unspecified atom stereocenters. The molecule has 0 saturated heterocycles. The number of aliphatic hydroxyl groups is 1. The number of hydrogen-bond donors (Lipinski definition) is 2. The summed E-state index contributed by atoms with van der Waals surface area (Å²) in [6, 6.07) is 7.69. The highest BCUT2D eigenvalue weighted by Gasteiger charge is 2.30. The van der Waals surface area contributed by atoms with Gasteiger partial charge in [0.1, 0.15) is 11.9 Å². The van der Waals surface area contributed by atoms with Crippen molar-refractivity contribution in [1.82, 2.24) is 5.32 Å². The van der Waals surface area contributed by atoms with E-state index in [0.717, 1.165) is 17.0 Å². The first-order chi connectivity index (χ1) is 9.90. The fourth-order valence-electron chi connectivity index (χ4n) is 2.19. The highest BCUT2D eigenvalue weighted by molar-refractivity contribution is 6.03. The average molecular weight is 292 g/mol. The third kappa shape index (κ3) is 4.19. The average Bonchev–Trinajstić information content (AvgIpc) is 2.93. The van der Waals surface area contributed by atoms with Crippen molar-refractivity contribution in [2.45, 2.75) is 44.9 Å². The zero-order valence-corrected chi connectivity index (χ0v) is 13.1. The first-order valence-electron chi connectivity index (χ1n) is 7.20. The predicted molar refractivity (Wildman–Crippen MR) is 82.8 cm³/mol. The van der Waals surface area contributed by atoms with Crippen molar-refractivity contribution in [2.24, 2.45) is 5.16 Å². The molecule has 0 aromatic heterocycles. The molecule has 0 aliphatic carbocycles. The number of benzene rings is 1. The largest absolute Gasteiger partial charge is 0.496 e. The number of β-amino-alcohol motifs (C(OH)–C–C–N with tert-alkyl or cyclic N) is 1. The van der Waals surface area contributed by atoms with Crippen LogP contribution >= 0.6 is 0 Å². The Labute approximate surface area is 125 Å². The lowest BCUT2D eigenvalue weighted by Gasteiger charge is -2.24. The summed E-state index contributed by atoms with van der Waals surface area (Å²) in [5.74, 6) is 0.766. The van der Waals surface area contributed by atoms with Crippen molar-refractivity contribution in [3.8, 4) is 5.75 Å². The van der Waals surface area contributed by atoms with Crippen LogP contribution in [0.15, 0.2) is 29.4 Å². The van der Waals surface area contributed by atoms with Gasteiger partial charge in [0.25, 0.3) is 0 Å². The van der Waals surface area contributed by atoms with Gasteiger partial charge in [-0.1, -0.05) is 17.3 Å². The Morgan fingerprint density at radius 1 is 1.43 bits per heavy atom. The van der Waals surface area contributed by atoms with Crippen LogP contribution in [0.2, 0.25) is 0 Å². The number of ether oxygens (including phenoxy) is 1. The van der Waals surface area contributed by atoms with Gasteiger partial charge in [0.15, 0.2) is 6.10 Å². The van der Waals surface area contributed by atoms with Crippen molar-refractivity contribution >= 4 is 5.71 Å². The summed E-state index contributed by atoms with van der Waals surface area (Å²) in [5, 5.41) is 17.6. The van der Waals surface area contributed by atoms with Crippen molar-refractivity contribution in [2.75, 3.05) is 13.7 Å². The third-order valence-corrected chi connectivity index (χ3v) is 3.38. The van der Waals surface area contributed by atoms with Gasteiger partial charge in [0, 0.05) is 24.1 Å². The molecule has 5 nitrogen and oxygen atoms in total. The minimum atomic E-state index is -0.597. The van der Waals surface area contributed by atoms with Crippen molar-refractivity contribution in [3.63, 3.8) is 0 Å². The second-order valence-corrected chi connectivity index (χ2v) is 6.28. The van der Waals surface area contributed by atoms with Gasteiger partial charge in [-0.3, -0.25) is 0 Å². The van der Waals surface area contributed by atoms with Gasteiger partial charge < -0.3 is 20.0 Å². The van der Waals surface area contributed by atoms with Crippen molar-refractivity contribution in [1.29, 1.82) is 0 Å². The van der Waals surface area contributed by atoms with E-state index in [-0.39, 0.29) is 11.6 Å². The Morgan fingerprint density at radius 3 is 2.81 bits per heavy atom. The summed E-state index contributed by atoms with van der Waals surface area (Å²) >= 11 is 0. The molecule has 0 spiro atoms. The molecule has 1 aliphatic heterocycles. The molecule has 1 aromatic carbocycles. The minimum Gasteiger partial charge on any atom is -0.496 e. The predicted octanol–water partition coefficient (Wildman–Crippen LogP) is 1.94. The van der Waals surface area contributed by atoms with Crippen LogP contribution in [0, 0.1) is 0 Å². The van der Waals surface area contributed by atoms with E-state index in [1.165, 1.54) is 0 Å². The van der Waals surface area contributed by atoms with Gasteiger partial charge >= 0.3 is 0 Å². The molecule has 21 heavy (non-hydrogen) atoms. The van der Waals surface area contributed by atoms with Crippen LogP contribution in [-0.2, 0) is 4.84 Å². The van der Waals surface area contributed by atoms with Gasteiger partial charge in [-0.05, 0) is 32.9 Å². The standard InChI is InChI=1S/C16H24N2O3/c1-16(2,3)17-10-13(19)15-9-12(18-21-15)11-7-5-6-8-14(11)20-4/h5-8,13,15,17,19H,9-10H2,1-4H3. The maximum Gasteiger partial charge on any atom is 0.160 e. The van der Waals surface area contributed by atoms with Crippen LogP contribution in [0.3, 0.4) is 0 Å². The Bertz CT molecular complexity index is 508. The minimum absolute atomic E-state index is 0.0358. The third-order valence-electron chi connectivity index (χ3n) is 3.38. The lowest BCUT2D eigenvalue weighted by molar-refractivity contribution is -0.0181. The molecule has 0 radical (unpaired) electrons. The Balaban J connectivity index is 1.96. The van der Waals surface area contributed by atoms with E-state index < -0.39 is 6.10 Å². The molecule has 2 rings (SSSR count). The zero-order valence-electron chi connectivity index (χ0n) is 13.1. The lowest BCUT2D eigenvalue weighted by Crippen LogP contribution is -2.44. The second-order valence-electron chi connectivity index (χ2n) is 6.28. The SMILES string of the molecule is COc1ccccc1C1=NOC(C(O)CNC(C)(C)C)C1. The number of nitrogens with zero attached hydrogens (tertiary/aromatic N) is 1. The molecule has 116 valence electrons. The smallest absolute Gasteiger partial charge is 0.160 e. The molecule has 2 atom stereocenters. The summed E-state index contributed by atoms with van der Waals surface area (Å²) in [7, 11) is 1.63. The molecular weight excluding hydrogens is 268 g/mol. The second kappa shape index (κ2) is 6.45. The molecule has 0 fully saturated rings. The Morgan fingerprint density at radius 2 is 2.14 bits per heavy atom. The monoisotopic (exact) mass is 292 g/mol. The maximum atomic E-state index is 10.2. The fourth-order valence-corrected chi connectivity index (χ4v) is 2.19. The summed E-state index contributed by atoms with van der Waals surface area (Å²) in [5.41, 5.74) is 1.69. The normalized spacial score (nSPS) is 19.9. The molecule has 0 saturated carbocycles. The van der Waals surface area contributed by atoms with Gasteiger partial charge in [0.2, 0.25) is 0 Å². The van der Waals surface area contributed by atoms with Crippen LogP contribution in [-0.4, -0.2) is 42.2 Å². The molecule has 0 bridgehead atoms. The maximum absolute atomic E-state index is 10.2. The number of rotatable bonds is 5. The number of nitrogens with one attached hydrogen (secondary N) is 1. The van der Waals surface area contributed by atoms with Crippen LogP contribution in [0.5, 0.6) is 5.75 Å². The van der Waals surface area contributed by atoms with Gasteiger partial charge in [0.05, 0.1) is 12.8 Å². The van der Waals surface area contributed by atoms with E-state index in [2.05, 4.69) is 31.2 Å². The quantitative estimate of drug-likeness (QED) is 0.870. The van der Waals surface area contributed by atoms with Crippen LogP contribution in [0.25, 0.3) is 0 Å². The highest BCUT2D eigenvalue weighted by Crippen LogP contribution is 2.25. The highest BCUT2D eigenvalue weighted by atomic mass is 16.7. The van der Waals surface area contributed by atoms with E-state index in [1.54, 1.807) is 7.11 Å². The van der Waals surface area contributed by atoms with E-state index in [4.69, 9.17) is 9.57 Å². The molecule has 1 heterocycles. The van der Waals surface area contributed by atoms with Crippen molar-refractivity contribution in [3.05, 3.63) is 29.8 Å². The molecule has 5 heteroatoms. The summed E-state index contributed by atoms with van der Waals surface area (Å²) < 4.78 is 5.33. The van der Waals surface area contributed by atoms with Gasteiger partial charge in [-0.15, -0.1) is 0 Å². The number of aliphatic hydroxyl groups excluding tert-OH is 1. The van der Waals surface area contributed by atoms with E-state index >= 15 is 0 Å². The number of para-hydroxylation sites is 1. The van der Waals surface area contributed by atoms with Crippen molar-refractivity contribution < 1.29 is 14.7 Å². The number of methoxy groups -OCH3 is 1. The van der Waals surface area contributed by atoms with Gasteiger partial charge in [-0.2, -0.15) is 0 Å². The van der Waals surface area contributed by atoms with E-state index in [0.29, 0.717) is 13.0 Å². The van der Waals surface area contributed by atoms with Crippen LogP contribution in [0.1, 0.15) is 32.8 Å². The molecule has 1 aliphatic rings. The summed E-state index contributed by atoms with van der Waals surface area (Å²) in [4.78, 5) is 5.39. The van der Waals surface area contributed by atoms with Crippen LogP contribution in [0.4, 0.5) is 0 Å². The lowest BCUT2D eigenvalue weighted by atomic mass is 10.0. The van der Waals surface area contributed by atoms with E-state index in [9.17, 15) is 5.11 Å². The fraction of sp³-hybridized carbons (Fsp3) is 0.562. The molecule has 1 aromatic rings. The zero-order chi connectivity index (χ0) is 15.5. The van der Waals surface area contributed by atoms with E-state index in [1.807, 2.05) is 24.3 Å². The summed E-state index contributed by atoms with van der Waals surface area (Å²) in [6.07, 6.45) is -0.340. The Kier molecular flexibility index (Phi) is 4.85. The summed E-state index contributed by atoms with van der Waals surface area (Å²) in [6.45, 7) is 6.66. The Hall–Kier alpha value is -1.59. The number of hydrogen-bond acceptors (Lipinski definition) is 5. The van der Waals surface area contributed by atoms with Crippen LogP contribution < -0.4 is 10.1 Å². The number of oxime groups is 1. The topological polar surface area (TPSA) is 63.1 Å². The molecular formula is C16H24N2O3. The first kappa shape index (κ1) is 15.8. The molecule has 0 amide bonds.